The first-order valence-electron chi connectivity index (χ1n) is 5.88. The number of guanidine groups is 1. The summed E-state index contributed by atoms with van der Waals surface area (Å²) in [7, 11) is 1.82. The zero-order valence-corrected chi connectivity index (χ0v) is 9.61. The average Bonchev–Trinajstić information content (AvgIpc) is 3.02. The molecule has 2 aliphatic rings. The highest BCUT2D eigenvalue weighted by molar-refractivity contribution is 5.80. The van der Waals surface area contributed by atoms with E-state index in [1.807, 2.05) is 7.05 Å². The largest absolute Gasteiger partial charge is 0.371 e. The smallest absolute Gasteiger partial charge is 0.193 e. The van der Waals surface area contributed by atoms with Crippen LogP contribution < -0.4 is 5.73 Å². The number of hydrogen-bond donors (Lipinski definition) is 2. The van der Waals surface area contributed by atoms with Gasteiger partial charge in [0, 0.05) is 7.05 Å². The molecule has 86 valence electrons. The third-order valence-electron chi connectivity index (χ3n) is 3.71. The molecule has 1 aliphatic carbocycles. The van der Waals surface area contributed by atoms with Gasteiger partial charge in [0.1, 0.15) is 5.54 Å². The van der Waals surface area contributed by atoms with Crippen molar-refractivity contribution in [3.63, 3.8) is 0 Å². The van der Waals surface area contributed by atoms with Crippen LogP contribution in [-0.4, -0.2) is 34.8 Å². The number of aliphatic hydroxyl groups is 1. The van der Waals surface area contributed by atoms with E-state index in [9.17, 15) is 5.11 Å². The summed E-state index contributed by atoms with van der Waals surface area (Å²) in [5.74, 6) is 1.04. The zero-order valence-electron chi connectivity index (χ0n) is 9.61. The van der Waals surface area contributed by atoms with E-state index < -0.39 is 6.23 Å². The topological polar surface area (TPSA) is 61.8 Å². The Morgan fingerprint density at radius 1 is 1.60 bits per heavy atom. The number of nitrogens with two attached hydrogens (primary N) is 1. The summed E-state index contributed by atoms with van der Waals surface area (Å²) in [4.78, 5) is 6.25. The van der Waals surface area contributed by atoms with Gasteiger partial charge in [-0.1, -0.05) is 19.8 Å². The first kappa shape index (κ1) is 10.7. The minimum Gasteiger partial charge on any atom is -0.371 e. The standard InChI is InChI=1S/C11H21N3O/c1-3-4-7-11(8-5-6-8)9(15)14(2)10(12)13-11/h8-9,15H,3-7H2,1-2H3,(H2,12,13). The van der Waals surface area contributed by atoms with E-state index in [-0.39, 0.29) is 5.54 Å². The summed E-state index contributed by atoms with van der Waals surface area (Å²) in [6.07, 6.45) is 5.06. The lowest BCUT2D eigenvalue weighted by molar-refractivity contribution is 0.00217. The van der Waals surface area contributed by atoms with E-state index in [4.69, 9.17) is 5.73 Å². The molecule has 0 radical (unpaired) electrons. The molecule has 0 aromatic heterocycles. The van der Waals surface area contributed by atoms with Gasteiger partial charge in [0.2, 0.25) is 0 Å². The summed E-state index contributed by atoms with van der Waals surface area (Å²) >= 11 is 0. The molecule has 4 heteroatoms. The average molecular weight is 211 g/mol. The number of nitrogens with zero attached hydrogens (tertiary/aromatic N) is 2. The number of aliphatic imine (C=N–C) groups is 1. The van der Waals surface area contributed by atoms with Gasteiger partial charge < -0.3 is 15.7 Å². The molecule has 1 aliphatic heterocycles. The van der Waals surface area contributed by atoms with Gasteiger partial charge in [0.25, 0.3) is 0 Å². The molecule has 1 heterocycles. The van der Waals surface area contributed by atoms with E-state index in [1.54, 1.807) is 4.90 Å². The van der Waals surface area contributed by atoms with Gasteiger partial charge in [0.15, 0.2) is 12.2 Å². The molecule has 1 fully saturated rings. The van der Waals surface area contributed by atoms with Crippen molar-refractivity contribution < 1.29 is 5.11 Å². The Balaban J connectivity index is 2.19. The lowest BCUT2D eigenvalue weighted by Crippen LogP contribution is -2.47. The van der Waals surface area contributed by atoms with E-state index in [0.29, 0.717) is 11.9 Å². The van der Waals surface area contributed by atoms with Crippen LogP contribution in [0.1, 0.15) is 39.0 Å². The predicted molar refractivity (Wildman–Crippen MR) is 60.4 cm³/mol. The van der Waals surface area contributed by atoms with Gasteiger partial charge in [-0.2, -0.15) is 0 Å². The maximum Gasteiger partial charge on any atom is 0.193 e. The first-order chi connectivity index (χ1) is 7.12. The maximum atomic E-state index is 10.2. The van der Waals surface area contributed by atoms with Crippen molar-refractivity contribution in [1.29, 1.82) is 0 Å². The second kappa shape index (κ2) is 3.67. The van der Waals surface area contributed by atoms with Crippen LogP contribution in [0.2, 0.25) is 0 Å². The summed E-state index contributed by atoms with van der Waals surface area (Å²) in [6.45, 7) is 2.17. The predicted octanol–water partition coefficient (Wildman–Crippen LogP) is 0.904. The number of likely N-dealkylation sites (N-methyl/N-ethyl adjacent to an activating group) is 1. The van der Waals surface area contributed by atoms with Crippen LogP contribution in [0.15, 0.2) is 4.99 Å². The van der Waals surface area contributed by atoms with Crippen LogP contribution in [0.25, 0.3) is 0 Å². The fourth-order valence-electron chi connectivity index (χ4n) is 2.54. The molecule has 0 spiro atoms. The molecule has 0 saturated heterocycles. The highest BCUT2D eigenvalue weighted by atomic mass is 16.3. The van der Waals surface area contributed by atoms with Crippen LogP contribution in [0, 0.1) is 5.92 Å². The number of hydrogen-bond acceptors (Lipinski definition) is 4. The molecular weight excluding hydrogens is 190 g/mol. The van der Waals surface area contributed by atoms with Crippen molar-refractivity contribution in [3.05, 3.63) is 0 Å². The van der Waals surface area contributed by atoms with Crippen molar-refractivity contribution in [3.8, 4) is 0 Å². The summed E-state index contributed by atoms with van der Waals surface area (Å²) in [6, 6.07) is 0. The van der Waals surface area contributed by atoms with E-state index in [2.05, 4.69) is 11.9 Å². The van der Waals surface area contributed by atoms with Crippen molar-refractivity contribution in [2.24, 2.45) is 16.6 Å². The lowest BCUT2D eigenvalue weighted by atomic mass is 9.86. The van der Waals surface area contributed by atoms with Gasteiger partial charge in [-0.25, -0.2) is 4.99 Å². The Kier molecular flexibility index (Phi) is 2.63. The van der Waals surface area contributed by atoms with Crippen LogP contribution in [0.4, 0.5) is 0 Å². The molecular formula is C11H21N3O. The van der Waals surface area contributed by atoms with Crippen molar-refractivity contribution in [2.45, 2.75) is 50.8 Å². The molecule has 1 saturated carbocycles. The van der Waals surface area contributed by atoms with Crippen molar-refractivity contribution in [2.75, 3.05) is 7.05 Å². The summed E-state index contributed by atoms with van der Waals surface area (Å²) in [5.41, 5.74) is 5.50. The highest BCUT2D eigenvalue weighted by Gasteiger charge is 2.54. The van der Waals surface area contributed by atoms with Crippen LogP contribution in [-0.2, 0) is 0 Å². The Morgan fingerprint density at radius 3 is 2.67 bits per heavy atom. The molecule has 2 rings (SSSR count). The molecule has 15 heavy (non-hydrogen) atoms. The molecule has 0 amide bonds. The zero-order chi connectivity index (χ0) is 11.1. The van der Waals surface area contributed by atoms with E-state index in [0.717, 1.165) is 19.3 Å². The van der Waals surface area contributed by atoms with Gasteiger partial charge in [-0.05, 0) is 25.2 Å². The van der Waals surface area contributed by atoms with Crippen LogP contribution >= 0.6 is 0 Å². The lowest BCUT2D eigenvalue weighted by Gasteiger charge is -2.32. The Bertz CT molecular complexity index is 275. The molecule has 0 aromatic rings. The van der Waals surface area contributed by atoms with Gasteiger partial charge in [0.05, 0.1) is 0 Å². The van der Waals surface area contributed by atoms with Gasteiger partial charge in [-0.3, -0.25) is 0 Å². The molecule has 2 atom stereocenters. The third-order valence-corrected chi connectivity index (χ3v) is 3.71. The minimum atomic E-state index is -0.517. The second-order valence-electron chi connectivity index (χ2n) is 4.82. The number of rotatable bonds is 4. The van der Waals surface area contributed by atoms with Gasteiger partial charge in [-0.15, -0.1) is 0 Å². The Labute approximate surface area is 91.2 Å². The monoisotopic (exact) mass is 211 g/mol. The molecule has 4 nitrogen and oxygen atoms in total. The molecule has 2 unspecified atom stereocenters. The Hall–Kier alpha value is -0.770. The molecule has 0 aromatic carbocycles. The third kappa shape index (κ3) is 1.61. The van der Waals surface area contributed by atoms with Crippen LogP contribution in [0.5, 0.6) is 0 Å². The maximum absolute atomic E-state index is 10.2. The van der Waals surface area contributed by atoms with Crippen molar-refractivity contribution in [1.82, 2.24) is 4.90 Å². The molecule has 3 N–H and O–H groups in total. The van der Waals surface area contributed by atoms with Gasteiger partial charge >= 0.3 is 0 Å². The quantitative estimate of drug-likeness (QED) is 0.726. The van der Waals surface area contributed by atoms with Crippen molar-refractivity contribution >= 4 is 5.96 Å². The normalized spacial score (nSPS) is 35.8. The summed E-state index contributed by atoms with van der Waals surface area (Å²) < 4.78 is 0. The van der Waals surface area contributed by atoms with Crippen LogP contribution in [0.3, 0.4) is 0 Å². The Morgan fingerprint density at radius 2 is 2.27 bits per heavy atom. The van der Waals surface area contributed by atoms with E-state index >= 15 is 0 Å². The highest BCUT2D eigenvalue weighted by Crippen LogP contribution is 2.49. The minimum absolute atomic E-state index is 0.297. The SMILES string of the molecule is CCCCC1(C2CC2)N=C(N)N(C)C1O. The fraction of sp³-hybridized carbons (Fsp3) is 0.909. The molecule has 0 bridgehead atoms. The fourth-order valence-corrected chi connectivity index (χ4v) is 2.54. The number of unbranched alkanes of at least 4 members (excludes halogenated alkanes) is 1. The van der Waals surface area contributed by atoms with E-state index in [1.165, 1.54) is 12.8 Å². The number of aliphatic hydroxyl groups excluding tert-OH is 1. The first-order valence-corrected chi connectivity index (χ1v) is 5.88. The summed E-state index contributed by atoms with van der Waals surface area (Å²) in [5, 5.41) is 10.2. The second-order valence-corrected chi connectivity index (χ2v) is 4.82.